The van der Waals surface area contributed by atoms with E-state index in [1.54, 1.807) is 12.4 Å². The van der Waals surface area contributed by atoms with Gasteiger partial charge in [-0.05, 0) is 50.9 Å². The molecule has 0 aromatic carbocycles. The second kappa shape index (κ2) is 8.62. The van der Waals surface area contributed by atoms with Gasteiger partial charge in [-0.2, -0.15) is 0 Å². The number of carbonyl (C=O) groups is 1. The van der Waals surface area contributed by atoms with Crippen molar-refractivity contribution in [1.82, 2.24) is 15.2 Å². The number of rotatable bonds is 7. The number of nitrogens with zero attached hydrogens (tertiary/aromatic N) is 2. The van der Waals surface area contributed by atoms with Gasteiger partial charge in [0.15, 0.2) is 0 Å². The lowest BCUT2D eigenvalue weighted by molar-refractivity contribution is -0.121. The molecule has 1 saturated heterocycles. The normalized spacial score (nSPS) is 19.2. The van der Waals surface area contributed by atoms with Crippen LogP contribution >= 0.6 is 0 Å². The average molecular weight is 290 g/mol. The van der Waals surface area contributed by atoms with Crippen LogP contribution in [0.4, 0.5) is 5.69 Å². The molecular weight excluding hydrogens is 264 g/mol. The monoisotopic (exact) mass is 290 g/mol. The number of amides is 1. The summed E-state index contributed by atoms with van der Waals surface area (Å²) in [6.45, 7) is 3.71. The summed E-state index contributed by atoms with van der Waals surface area (Å²) in [4.78, 5) is 18.2. The zero-order chi connectivity index (χ0) is 14.9. The van der Waals surface area contributed by atoms with Crippen LogP contribution in [-0.4, -0.2) is 49.0 Å². The Hall–Kier alpha value is -1.62. The average Bonchev–Trinajstić information content (AvgIpc) is 2.51. The van der Waals surface area contributed by atoms with Crippen molar-refractivity contribution in [3.8, 4) is 0 Å². The largest absolute Gasteiger partial charge is 0.382 e. The van der Waals surface area contributed by atoms with Crippen LogP contribution in [0.15, 0.2) is 24.5 Å². The highest BCUT2D eigenvalue weighted by atomic mass is 16.1. The lowest BCUT2D eigenvalue weighted by atomic mass is 9.93. The van der Waals surface area contributed by atoms with Crippen LogP contribution in [0.2, 0.25) is 0 Å². The molecule has 1 fully saturated rings. The van der Waals surface area contributed by atoms with E-state index in [0.29, 0.717) is 18.9 Å². The van der Waals surface area contributed by atoms with Crippen molar-refractivity contribution in [3.05, 3.63) is 24.5 Å². The van der Waals surface area contributed by atoms with Crippen molar-refractivity contribution in [3.63, 3.8) is 0 Å². The molecule has 5 heteroatoms. The Bertz CT molecular complexity index is 424. The molecular formula is C16H26N4O. The molecule has 0 unspecified atom stereocenters. The quantitative estimate of drug-likeness (QED) is 0.751. The summed E-state index contributed by atoms with van der Waals surface area (Å²) in [6, 6.07) is 3.86. The molecule has 0 radical (unpaired) electrons. The Balaban J connectivity index is 1.53. The van der Waals surface area contributed by atoms with E-state index < -0.39 is 0 Å². The van der Waals surface area contributed by atoms with Crippen molar-refractivity contribution in [1.29, 1.82) is 0 Å². The van der Waals surface area contributed by atoms with Gasteiger partial charge in [-0.15, -0.1) is 0 Å². The Morgan fingerprint density at radius 1 is 1.48 bits per heavy atom. The van der Waals surface area contributed by atoms with Crippen LogP contribution in [0.3, 0.4) is 0 Å². The van der Waals surface area contributed by atoms with E-state index in [1.165, 1.54) is 19.4 Å². The van der Waals surface area contributed by atoms with Crippen molar-refractivity contribution >= 4 is 11.6 Å². The van der Waals surface area contributed by atoms with Gasteiger partial charge >= 0.3 is 0 Å². The smallest absolute Gasteiger partial charge is 0.220 e. The van der Waals surface area contributed by atoms with Crippen molar-refractivity contribution in [2.24, 2.45) is 5.92 Å². The van der Waals surface area contributed by atoms with E-state index in [-0.39, 0.29) is 5.91 Å². The highest BCUT2D eigenvalue weighted by Crippen LogP contribution is 2.19. The van der Waals surface area contributed by atoms with Gasteiger partial charge in [0.05, 0.1) is 5.69 Å². The highest BCUT2D eigenvalue weighted by molar-refractivity contribution is 5.75. The van der Waals surface area contributed by atoms with Crippen LogP contribution in [0, 0.1) is 5.92 Å². The molecule has 1 aliphatic heterocycles. The SMILES string of the molecule is CN1CCC[C@@H](CCC(=O)NCCNc2cccnc2)C1. The highest BCUT2D eigenvalue weighted by Gasteiger charge is 2.17. The summed E-state index contributed by atoms with van der Waals surface area (Å²) in [5.74, 6) is 0.847. The fraction of sp³-hybridized carbons (Fsp3) is 0.625. The minimum atomic E-state index is 0.163. The number of aromatic nitrogens is 1. The van der Waals surface area contributed by atoms with Crippen molar-refractivity contribution in [2.45, 2.75) is 25.7 Å². The lowest BCUT2D eigenvalue weighted by Gasteiger charge is -2.29. The van der Waals surface area contributed by atoms with Gasteiger partial charge in [0.1, 0.15) is 0 Å². The Morgan fingerprint density at radius 3 is 3.14 bits per heavy atom. The first-order chi connectivity index (χ1) is 10.2. The fourth-order valence-corrected chi connectivity index (χ4v) is 2.81. The Labute approximate surface area is 127 Å². The first-order valence-electron chi connectivity index (χ1n) is 7.83. The van der Waals surface area contributed by atoms with Crippen molar-refractivity contribution < 1.29 is 4.79 Å². The zero-order valence-electron chi connectivity index (χ0n) is 12.8. The Morgan fingerprint density at radius 2 is 2.38 bits per heavy atom. The topological polar surface area (TPSA) is 57.3 Å². The van der Waals surface area contributed by atoms with E-state index in [9.17, 15) is 4.79 Å². The fourth-order valence-electron chi connectivity index (χ4n) is 2.81. The molecule has 1 amide bonds. The summed E-state index contributed by atoms with van der Waals surface area (Å²) in [5, 5.41) is 6.20. The minimum Gasteiger partial charge on any atom is -0.382 e. The number of hydrogen-bond donors (Lipinski definition) is 2. The molecule has 0 aliphatic carbocycles. The van der Waals surface area contributed by atoms with Gasteiger partial charge in [-0.1, -0.05) is 0 Å². The van der Waals surface area contributed by atoms with Crippen LogP contribution in [0.1, 0.15) is 25.7 Å². The molecule has 2 heterocycles. The van der Waals surface area contributed by atoms with Crippen LogP contribution in [0.25, 0.3) is 0 Å². The lowest BCUT2D eigenvalue weighted by Crippen LogP contribution is -2.33. The molecule has 21 heavy (non-hydrogen) atoms. The van der Waals surface area contributed by atoms with Gasteiger partial charge in [0.2, 0.25) is 5.91 Å². The first kappa shape index (κ1) is 15.8. The molecule has 0 bridgehead atoms. The van der Waals surface area contributed by atoms with E-state index in [4.69, 9.17) is 0 Å². The number of nitrogens with one attached hydrogen (secondary N) is 2. The third-order valence-corrected chi connectivity index (χ3v) is 3.94. The number of piperidine rings is 1. The number of hydrogen-bond acceptors (Lipinski definition) is 4. The van der Waals surface area contributed by atoms with E-state index in [2.05, 4.69) is 27.6 Å². The summed E-state index contributed by atoms with van der Waals surface area (Å²) in [5.41, 5.74) is 0.983. The number of likely N-dealkylation sites (tertiary alicyclic amines) is 1. The van der Waals surface area contributed by atoms with Gasteiger partial charge in [0.25, 0.3) is 0 Å². The Kier molecular flexibility index (Phi) is 6.47. The second-order valence-electron chi connectivity index (χ2n) is 5.83. The van der Waals surface area contributed by atoms with E-state index in [0.717, 1.165) is 25.2 Å². The van der Waals surface area contributed by atoms with E-state index >= 15 is 0 Å². The second-order valence-corrected chi connectivity index (χ2v) is 5.83. The molecule has 1 aromatic rings. The molecule has 1 aliphatic rings. The molecule has 0 saturated carbocycles. The molecule has 2 N–H and O–H groups in total. The summed E-state index contributed by atoms with van der Waals surface area (Å²) in [7, 11) is 2.16. The van der Waals surface area contributed by atoms with Gasteiger partial charge in [-0.25, -0.2) is 0 Å². The molecule has 1 atom stereocenters. The van der Waals surface area contributed by atoms with Gasteiger partial charge in [-0.3, -0.25) is 9.78 Å². The van der Waals surface area contributed by atoms with Gasteiger partial charge in [0, 0.05) is 38.4 Å². The van der Waals surface area contributed by atoms with Gasteiger partial charge < -0.3 is 15.5 Å². The summed E-state index contributed by atoms with van der Waals surface area (Å²) in [6.07, 6.45) is 7.70. The maximum Gasteiger partial charge on any atom is 0.220 e. The minimum absolute atomic E-state index is 0.163. The molecule has 116 valence electrons. The number of carbonyl (C=O) groups excluding carboxylic acids is 1. The van der Waals surface area contributed by atoms with Crippen molar-refractivity contribution in [2.75, 3.05) is 38.5 Å². The molecule has 1 aromatic heterocycles. The standard InChI is InChI=1S/C16H26N4O/c1-20-11-3-4-14(13-20)6-7-16(21)19-10-9-18-15-5-2-8-17-12-15/h2,5,8,12,14,18H,3-4,6-7,9-11,13H2,1H3,(H,19,21)/t14-/m0/s1. The predicted octanol–water partition coefficient (Wildman–Crippen LogP) is 1.73. The van der Waals surface area contributed by atoms with E-state index in [1.807, 2.05) is 12.1 Å². The van der Waals surface area contributed by atoms with Crippen LogP contribution in [0.5, 0.6) is 0 Å². The maximum absolute atomic E-state index is 11.8. The third kappa shape index (κ3) is 6.12. The molecule has 5 nitrogen and oxygen atoms in total. The third-order valence-electron chi connectivity index (χ3n) is 3.94. The maximum atomic E-state index is 11.8. The predicted molar refractivity (Wildman–Crippen MR) is 85.2 cm³/mol. The zero-order valence-corrected chi connectivity index (χ0v) is 12.8. The van der Waals surface area contributed by atoms with Crippen LogP contribution < -0.4 is 10.6 Å². The van der Waals surface area contributed by atoms with Crippen LogP contribution in [-0.2, 0) is 4.79 Å². The number of anilines is 1. The summed E-state index contributed by atoms with van der Waals surface area (Å²) < 4.78 is 0. The first-order valence-corrected chi connectivity index (χ1v) is 7.83. The number of pyridine rings is 1. The molecule has 2 rings (SSSR count). The molecule has 0 spiro atoms. The summed E-state index contributed by atoms with van der Waals surface area (Å²) >= 11 is 0.